The van der Waals surface area contributed by atoms with Crippen LogP contribution in [0.2, 0.25) is 0 Å². The van der Waals surface area contributed by atoms with Crippen molar-refractivity contribution in [2.75, 3.05) is 6.61 Å². The van der Waals surface area contributed by atoms with E-state index < -0.39 is 5.97 Å². The van der Waals surface area contributed by atoms with E-state index in [9.17, 15) is 9.59 Å². The summed E-state index contributed by atoms with van der Waals surface area (Å²) in [6.07, 6.45) is 3.04. The Balaban J connectivity index is 2.65. The van der Waals surface area contributed by atoms with Crippen molar-refractivity contribution in [3.63, 3.8) is 0 Å². The minimum atomic E-state index is -0.511. The van der Waals surface area contributed by atoms with Gasteiger partial charge in [0, 0.05) is 18.0 Å². The van der Waals surface area contributed by atoms with E-state index in [2.05, 4.69) is 10.1 Å². The number of nitrogens with one attached hydrogen (secondary N) is 1. The summed E-state index contributed by atoms with van der Waals surface area (Å²) < 4.78 is 6.23. The Labute approximate surface area is 90.9 Å². The normalized spacial score (nSPS) is 10.6. The van der Waals surface area contributed by atoms with Gasteiger partial charge in [0.1, 0.15) is 5.52 Å². The molecule has 84 valence electrons. The fourth-order valence-corrected chi connectivity index (χ4v) is 1.54. The van der Waals surface area contributed by atoms with E-state index in [1.807, 2.05) is 0 Å². The van der Waals surface area contributed by atoms with Crippen molar-refractivity contribution in [1.29, 1.82) is 0 Å². The van der Waals surface area contributed by atoms with Crippen LogP contribution in [0.25, 0.3) is 5.52 Å². The molecule has 2 heterocycles. The highest BCUT2D eigenvalue weighted by molar-refractivity contribution is 5.91. The minimum absolute atomic E-state index is 0.179. The van der Waals surface area contributed by atoms with Crippen LogP contribution in [-0.4, -0.2) is 27.2 Å². The molecule has 2 aromatic rings. The van der Waals surface area contributed by atoms with Gasteiger partial charge in [-0.3, -0.25) is 4.79 Å². The van der Waals surface area contributed by atoms with Gasteiger partial charge >= 0.3 is 5.97 Å². The molecule has 0 fully saturated rings. The maximum Gasteiger partial charge on any atom is 0.359 e. The zero-order valence-corrected chi connectivity index (χ0v) is 8.98. The molecule has 0 unspecified atom stereocenters. The van der Waals surface area contributed by atoms with Gasteiger partial charge < -0.3 is 9.72 Å². The average Bonchev–Trinajstić information content (AvgIpc) is 2.58. The van der Waals surface area contributed by atoms with Crippen molar-refractivity contribution in [3.05, 3.63) is 34.0 Å². The van der Waals surface area contributed by atoms with Gasteiger partial charge in [-0.1, -0.05) is 0 Å². The first-order chi connectivity index (χ1) is 7.65. The Bertz CT molecular complexity index is 597. The number of esters is 1. The SMILES string of the molecule is CCOC(=O)c1nn2cc[nH]c(=O)c2c1C. The van der Waals surface area contributed by atoms with Crippen LogP contribution < -0.4 is 5.56 Å². The van der Waals surface area contributed by atoms with E-state index in [1.54, 1.807) is 20.0 Å². The van der Waals surface area contributed by atoms with Gasteiger partial charge in [0.25, 0.3) is 5.56 Å². The summed E-state index contributed by atoms with van der Waals surface area (Å²) in [4.78, 5) is 25.6. The molecule has 0 saturated heterocycles. The summed E-state index contributed by atoms with van der Waals surface area (Å²) in [5, 5.41) is 4.01. The average molecular weight is 221 g/mol. The number of hydrogen-bond donors (Lipinski definition) is 1. The zero-order valence-electron chi connectivity index (χ0n) is 8.98. The quantitative estimate of drug-likeness (QED) is 0.749. The summed E-state index contributed by atoms with van der Waals surface area (Å²) >= 11 is 0. The molecule has 0 aliphatic heterocycles. The van der Waals surface area contributed by atoms with Crippen LogP contribution in [-0.2, 0) is 4.74 Å². The van der Waals surface area contributed by atoms with Crippen molar-refractivity contribution in [3.8, 4) is 0 Å². The van der Waals surface area contributed by atoms with Gasteiger partial charge in [0.2, 0.25) is 0 Å². The molecule has 0 aromatic carbocycles. The fraction of sp³-hybridized carbons (Fsp3) is 0.300. The van der Waals surface area contributed by atoms with Crippen LogP contribution in [0.15, 0.2) is 17.2 Å². The van der Waals surface area contributed by atoms with E-state index in [-0.39, 0.29) is 17.9 Å². The molecule has 6 nitrogen and oxygen atoms in total. The van der Waals surface area contributed by atoms with Gasteiger partial charge in [-0.15, -0.1) is 0 Å². The van der Waals surface area contributed by atoms with E-state index in [1.165, 1.54) is 10.7 Å². The molecule has 0 aliphatic carbocycles. The molecule has 0 bridgehead atoms. The van der Waals surface area contributed by atoms with Gasteiger partial charge in [-0.05, 0) is 13.8 Å². The third-order valence-electron chi connectivity index (χ3n) is 2.26. The highest BCUT2D eigenvalue weighted by atomic mass is 16.5. The Hall–Kier alpha value is -2.11. The molecule has 0 atom stereocenters. The van der Waals surface area contributed by atoms with Gasteiger partial charge in [-0.2, -0.15) is 5.10 Å². The first-order valence-corrected chi connectivity index (χ1v) is 4.89. The van der Waals surface area contributed by atoms with E-state index in [0.717, 1.165) is 0 Å². The molecule has 0 spiro atoms. The maximum absolute atomic E-state index is 11.5. The van der Waals surface area contributed by atoms with Crippen LogP contribution >= 0.6 is 0 Å². The number of nitrogens with zero attached hydrogens (tertiary/aromatic N) is 2. The number of fused-ring (bicyclic) bond motifs is 1. The number of carbonyl (C=O) groups is 1. The molecule has 6 heteroatoms. The lowest BCUT2D eigenvalue weighted by Gasteiger charge is -1.97. The first kappa shape index (κ1) is 10.4. The lowest BCUT2D eigenvalue weighted by Crippen LogP contribution is -2.08. The number of aromatic nitrogens is 3. The number of rotatable bonds is 2. The van der Waals surface area contributed by atoms with Gasteiger partial charge in [0.05, 0.1) is 6.61 Å². The Morgan fingerprint density at radius 3 is 3.00 bits per heavy atom. The summed E-state index contributed by atoms with van der Waals surface area (Å²) in [5.74, 6) is -0.511. The molecular weight excluding hydrogens is 210 g/mol. The smallest absolute Gasteiger partial charge is 0.359 e. The molecule has 2 aromatic heterocycles. The molecule has 16 heavy (non-hydrogen) atoms. The third kappa shape index (κ3) is 1.48. The molecule has 0 saturated carbocycles. The minimum Gasteiger partial charge on any atom is -0.461 e. The topological polar surface area (TPSA) is 76.5 Å². The van der Waals surface area contributed by atoms with Crippen molar-refractivity contribution in [2.45, 2.75) is 13.8 Å². The highest BCUT2D eigenvalue weighted by Gasteiger charge is 2.18. The van der Waals surface area contributed by atoms with Gasteiger partial charge in [-0.25, -0.2) is 9.31 Å². The van der Waals surface area contributed by atoms with E-state index >= 15 is 0 Å². The molecule has 2 rings (SSSR count). The van der Waals surface area contributed by atoms with Crippen molar-refractivity contribution >= 4 is 11.5 Å². The largest absolute Gasteiger partial charge is 0.461 e. The molecular formula is C10H11N3O3. The monoisotopic (exact) mass is 221 g/mol. The van der Waals surface area contributed by atoms with Crippen LogP contribution in [0.5, 0.6) is 0 Å². The predicted octanol–water partition coefficient (Wildman–Crippen LogP) is 0.508. The van der Waals surface area contributed by atoms with Crippen molar-refractivity contribution in [2.24, 2.45) is 0 Å². The van der Waals surface area contributed by atoms with Crippen LogP contribution in [0.1, 0.15) is 23.0 Å². The number of carbonyl (C=O) groups excluding carboxylic acids is 1. The fourth-order valence-electron chi connectivity index (χ4n) is 1.54. The first-order valence-electron chi connectivity index (χ1n) is 4.89. The van der Waals surface area contributed by atoms with E-state index in [0.29, 0.717) is 11.1 Å². The zero-order chi connectivity index (χ0) is 11.7. The second kappa shape index (κ2) is 3.80. The second-order valence-electron chi connectivity index (χ2n) is 3.28. The molecule has 0 radical (unpaired) electrons. The third-order valence-corrected chi connectivity index (χ3v) is 2.26. The predicted molar refractivity (Wildman–Crippen MR) is 56.5 cm³/mol. The van der Waals surface area contributed by atoms with E-state index in [4.69, 9.17) is 4.74 Å². The Morgan fingerprint density at radius 2 is 2.38 bits per heavy atom. The molecule has 1 N–H and O–H groups in total. The number of aryl methyl sites for hydroxylation is 1. The van der Waals surface area contributed by atoms with Gasteiger partial charge in [0.15, 0.2) is 5.69 Å². The summed E-state index contributed by atoms with van der Waals surface area (Å²) in [6.45, 7) is 3.67. The number of hydrogen-bond acceptors (Lipinski definition) is 4. The lowest BCUT2D eigenvalue weighted by atomic mass is 10.2. The number of aromatic amines is 1. The summed E-state index contributed by atoms with van der Waals surface area (Å²) in [7, 11) is 0. The maximum atomic E-state index is 11.5. The number of ether oxygens (including phenoxy) is 1. The standard InChI is InChI=1S/C10H11N3O3/c1-3-16-10(15)7-6(2)8-9(14)11-4-5-13(8)12-7/h4-5H,3H2,1-2H3,(H,11,14). The summed E-state index contributed by atoms with van der Waals surface area (Å²) in [6, 6.07) is 0. The van der Waals surface area contributed by atoms with Crippen LogP contribution in [0.3, 0.4) is 0 Å². The van der Waals surface area contributed by atoms with Crippen molar-refractivity contribution < 1.29 is 9.53 Å². The van der Waals surface area contributed by atoms with Crippen LogP contribution in [0.4, 0.5) is 0 Å². The number of H-pyrrole nitrogens is 1. The second-order valence-corrected chi connectivity index (χ2v) is 3.28. The lowest BCUT2D eigenvalue weighted by molar-refractivity contribution is 0.0518. The van der Waals surface area contributed by atoms with Crippen LogP contribution in [0, 0.1) is 6.92 Å². The highest BCUT2D eigenvalue weighted by Crippen LogP contribution is 2.11. The summed E-state index contributed by atoms with van der Waals surface area (Å²) in [5.41, 5.74) is 0.799. The molecule has 0 aliphatic rings. The molecule has 0 amide bonds. The Kier molecular flexibility index (Phi) is 2.47. The van der Waals surface area contributed by atoms with Crippen molar-refractivity contribution in [1.82, 2.24) is 14.6 Å². The Morgan fingerprint density at radius 1 is 1.62 bits per heavy atom.